The quantitative estimate of drug-likeness (QED) is 0.843. The molecule has 0 amide bonds. The summed E-state index contributed by atoms with van der Waals surface area (Å²) in [5.41, 5.74) is 0.893. The molecule has 1 aromatic rings. The fourth-order valence-corrected chi connectivity index (χ4v) is 4.27. The maximum absolute atomic E-state index is 12.5. The number of rotatable bonds is 3. The van der Waals surface area contributed by atoms with Gasteiger partial charge in [0.2, 0.25) is 10.0 Å². The topological polar surface area (TPSA) is 103 Å². The summed E-state index contributed by atoms with van der Waals surface area (Å²) >= 11 is 0. The number of carboxylic acids is 1. The number of aromatic amines is 1. The van der Waals surface area contributed by atoms with Crippen LogP contribution in [0.2, 0.25) is 0 Å². The number of nitrogens with one attached hydrogen (secondary N) is 1. The Kier molecular flexibility index (Phi) is 3.64. The fraction of sp³-hybridized carbons (Fsp3) is 0.636. The molecule has 8 heteroatoms. The highest BCUT2D eigenvalue weighted by molar-refractivity contribution is 7.89. The molecule has 7 nitrogen and oxygen atoms in total. The zero-order valence-corrected chi connectivity index (χ0v) is 11.7. The molecule has 2 rings (SSSR count). The summed E-state index contributed by atoms with van der Waals surface area (Å²) in [5.74, 6) is -1.57. The molecule has 2 N–H and O–H groups in total. The summed E-state index contributed by atoms with van der Waals surface area (Å²) in [6.07, 6.45) is 1.08. The van der Waals surface area contributed by atoms with E-state index >= 15 is 0 Å². The molecule has 1 aromatic heterocycles. The predicted octanol–water partition coefficient (Wildman–Crippen LogP) is 0.512. The van der Waals surface area contributed by atoms with Gasteiger partial charge in [-0.2, -0.15) is 9.40 Å². The van der Waals surface area contributed by atoms with E-state index in [-0.39, 0.29) is 11.4 Å². The number of carboxylic acid groups (broad SMARTS) is 1. The van der Waals surface area contributed by atoms with Crippen molar-refractivity contribution >= 4 is 16.0 Å². The van der Waals surface area contributed by atoms with E-state index in [1.807, 2.05) is 0 Å². The monoisotopic (exact) mass is 287 g/mol. The van der Waals surface area contributed by atoms with Gasteiger partial charge < -0.3 is 5.11 Å². The number of aliphatic carboxylic acids is 1. The Morgan fingerprint density at radius 1 is 1.47 bits per heavy atom. The van der Waals surface area contributed by atoms with Crippen molar-refractivity contribution in [1.82, 2.24) is 14.5 Å². The van der Waals surface area contributed by atoms with Crippen LogP contribution in [0.15, 0.2) is 4.90 Å². The van der Waals surface area contributed by atoms with Gasteiger partial charge in [0.25, 0.3) is 0 Å². The van der Waals surface area contributed by atoms with Crippen LogP contribution in [-0.4, -0.2) is 47.1 Å². The molecule has 0 aliphatic carbocycles. The SMILES string of the molecule is Cc1n[nH]c(C)c1S(=O)(=O)N1CCC[C@@H](C(=O)O)C1. The zero-order chi connectivity index (χ0) is 14.2. The largest absolute Gasteiger partial charge is 0.481 e. The fourth-order valence-electron chi connectivity index (χ4n) is 2.41. The van der Waals surface area contributed by atoms with E-state index in [1.54, 1.807) is 13.8 Å². The number of nitrogens with zero attached hydrogens (tertiary/aromatic N) is 2. The Bertz CT molecular complexity index is 574. The first-order chi connectivity index (χ1) is 8.84. The number of piperidine rings is 1. The van der Waals surface area contributed by atoms with E-state index in [1.165, 1.54) is 4.31 Å². The summed E-state index contributed by atoms with van der Waals surface area (Å²) < 4.78 is 26.3. The van der Waals surface area contributed by atoms with Gasteiger partial charge in [0, 0.05) is 13.1 Å². The number of H-pyrrole nitrogens is 1. The minimum atomic E-state index is -3.67. The molecule has 1 saturated heterocycles. The average molecular weight is 287 g/mol. The Balaban J connectivity index is 2.32. The first-order valence-electron chi connectivity index (χ1n) is 6.08. The number of aryl methyl sites for hydroxylation is 2. The van der Waals surface area contributed by atoms with E-state index in [0.717, 1.165) is 0 Å². The summed E-state index contributed by atoms with van der Waals surface area (Å²) in [6.45, 7) is 3.65. The molecular formula is C11H17N3O4S. The molecule has 0 bridgehead atoms. The second-order valence-corrected chi connectivity index (χ2v) is 6.68. The third-order valence-corrected chi connectivity index (χ3v) is 5.52. The third kappa shape index (κ3) is 2.50. The van der Waals surface area contributed by atoms with Crippen LogP contribution in [0.3, 0.4) is 0 Å². The number of sulfonamides is 1. The van der Waals surface area contributed by atoms with Crippen molar-refractivity contribution in [2.75, 3.05) is 13.1 Å². The molecule has 0 unspecified atom stereocenters. The molecular weight excluding hydrogens is 270 g/mol. The van der Waals surface area contributed by atoms with E-state index in [4.69, 9.17) is 5.11 Å². The molecule has 2 heterocycles. The lowest BCUT2D eigenvalue weighted by Crippen LogP contribution is -2.42. The van der Waals surface area contributed by atoms with Gasteiger partial charge in [0.1, 0.15) is 4.90 Å². The summed E-state index contributed by atoms with van der Waals surface area (Å²) in [6, 6.07) is 0. The van der Waals surface area contributed by atoms with Crippen molar-refractivity contribution in [3.8, 4) is 0 Å². The van der Waals surface area contributed by atoms with Gasteiger partial charge >= 0.3 is 5.97 Å². The Morgan fingerprint density at radius 3 is 2.68 bits per heavy atom. The second-order valence-electron chi connectivity index (χ2n) is 4.80. The predicted molar refractivity (Wildman–Crippen MR) is 67.2 cm³/mol. The smallest absolute Gasteiger partial charge is 0.307 e. The van der Waals surface area contributed by atoms with Crippen molar-refractivity contribution < 1.29 is 18.3 Å². The molecule has 106 valence electrons. The van der Waals surface area contributed by atoms with E-state index in [2.05, 4.69) is 10.2 Å². The van der Waals surface area contributed by atoms with Crippen LogP contribution in [0.4, 0.5) is 0 Å². The van der Waals surface area contributed by atoms with Gasteiger partial charge in [-0.3, -0.25) is 9.89 Å². The maximum Gasteiger partial charge on any atom is 0.307 e. The minimum Gasteiger partial charge on any atom is -0.481 e. The Morgan fingerprint density at radius 2 is 2.16 bits per heavy atom. The van der Waals surface area contributed by atoms with Gasteiger partial charge in [0.15, 0.2) is 0 Å². The molecule has 1 fully saturated rings. The van der Waals surface area contributed by atoms with Gasteiger partial charge in [-0.25, -0.2) is 8.42 Å². The number of hydrogen-bond acceptors (Lipinski definition) is 4. The molecule has 1 aliphatic heterocycles. The van der Waals surface area contributed by atoms with Crippen LogP contribution in [0, 0.1) is 19.8 Å². The molecule has 1 atom stereocenters. The number of aromatic nitrogens is 2. The Hall–Kier alpha value is -1.41. The Labute approximate surface area is 111 Å². The third-order valence-electron chi connectivity index (χ3n) is 3.39. The first-order valence-corrected chi connectivity index (χ1v) is 7.52. The van der Waals surface area contributed by atoms with Crippen molar-refractivity contribution in [2.45, 2.75) is 31.6 Å². The van der Waals surface area contributed by atoms with Crippen LogP contribution in [0.5, 0.6) is 0 Å². The molecule has 0 spiro atoms. The average Bonchev–Trinajstić information content (AvgIpc) is 2.69. The molecule has 0 saturated carbocycles. The summed E-state index contributed by atoms with van der Waals surface area (Å²) in [4.78, 5) is 11.2. The lowest BCUT2D eigenvalue weighted by atomic mass is 10.0. The molecule has 1 aliphatic rings. The van der Waals surface area contributed by atoms with E-state index in [0.29, 0.717) is 30.8 Å². The molecule has 0 aromatic carbocycles. The van der Waals surface area contributed by atoms with Crippen LogP contribution < -0.4 is 0 Å². The highest BCUT2D eigenvalue weighted by Gasteiger charge is 2.35. The van der Waals surface area contributed by atoms with Crippen molar-refractivity contribution in [1.29, 1.82) is 0 Å². The van der Waals surface area contributed by atoms with Crippen molar-refractivity contribution in [3.63, 3.8) is 0 Å². The normalized spacial score (nSPS) is 21.5. The van der Waals surface area contributed by atoms with Crippen LogP contribution in [0.1, 0.15) is 24.2 Å². The summed E-state index contributed by atoms with van der Waals surface area (Å²) in [7, 11) is -3.67. The van der Waals surface area contributed by atoms with Crippen molar-refractivity contribution in [3.05, 3.63) is 11.4 Å². The highest BCUT2D eigenvalue weighted by atomic mass is 32.2. The summed E-state index contributed by atoms with van der Waals surface area (Å²) in [5, 5.41) is 15.5. The van der Waals surface area contributed by atoms with Gasteiger partial charge in [-0.15, -0.1) is 0 Å². The second kappa shape index (κ2) is 4.93. The molecule has 19 heavy (non-hydrogen) atoms. The first kappa shape index (κ1) is 14.0. The van der Waals surface area contributed by atoms with Gasteiger partial charge in [-0.1, -0.05) is 0 Å². The van der Waals surface area contributed by atoms with Gasteiger partial charge in [-0.05, 0) is 26.7 Å². The standard InChI is InChI=1S/C11H17N3O4S/c1-7-10(8(2)13-12-7)19(17,18)14-5-3-4-9(6-14)11(15)16/h9H,3-6H2,1-2H3,(H,12,13)(H,15,16)/t9-/m1/s1. The molecule has 0 radical (unpaired) electrons. The van der Waals surface area contributed by atoms with Crippen LogP contribution >= 0.6 is 0 Å². The van der Waals surface area contributed by atoms with Crippen molar-refractivity contribution in [2.24, 2.45) is 5.92 Å². The maximum atomic E-state index is 12.5. The van der Waals surface area contributed by atoms with Gasteiger partial charge in [0.05, 0.1) is 17.3 Å². The van der Waals surface area contributed by atoms with Crippen LogP contribution in [0.25, 0.3) is 0 Å². The highest BCUT2D eigenvalue weighted by Crippen LogP contribution is 2.26. The lowest BCUT2D eigenvalue weighted by molar-refractivity contribution is -0.142. The number of hydrogen-bond donors (Lipinski definition) is 2. The minimum absolute atomic E-state index is 0.0295. The van der Waals surface area contributed by atoms with Crippen LogP contribution in [-0.2, 0) is 14.8 Å². The lowest BCUT2D eigenvalue weighted by Gasteiger charge is -2.29. The number of carbonyl (C=O) groups is 1. The van der Waals surface area contributed by atoms with E-state index in [9.17, 15) is 13.2 Å². The van der Waals surface area contributed by atoms with E-state index < -0.39 is 21.9 Å². The zero-order valence-electron chi connectivity index (χ0n) is 10.9.